The predicted octanol–water partition coefficient (Wildman–Crippen LogP) is 6.35. The third kappa shape index (κ3) is 8.81. The van der Waals surface area contributed by atoms with Crippen LogP contribution in [0.25, 0.3) is 11.1 Å². The fourth-order valence-electron chi connectivity index (χ4n) is 3.46. The Hall–Kier alpha value is -2.08. The van der Waals surface area contributed by atoms with Crippen molar-refractivity contribution in [3.63, 3.8) is 0 Å². The Morgan fingerprint density at radius 2 is 1.81 bits per heavy atom. The van der Waals surface area contributed by atoms with Gasteiger partial charge in [0.2, 0.25) is 0 Å². The predicted molar refractivity (Wildman–Crippen MR) is 131 cm³/mol. The van der Waals surface area contributed by atoms with Crippen LogP contribution in [-0.4, -0.2) is 24.7 Å². The lowest BCUT2D eigenvalue weighted by Gasteiger charge is -2.13. The van der Waals surface area contributed by atoms with Gasteiger partial charge in [-0.2, -0.15) is 11.3 Å². The zero-order valence-corrected chi connectivity index (χ0v) is 20.0. The molecule has 2 N–H and O–H groups in total. The van der Waals surface area contributed by atoms with Gasteiger partial charge in [0.25, 0.3) is 0 Å². The van der Waals surface area contributed by atoms with Crippen LogP contribution >= 0.6 is 19.6 Å². The summed E-state index contributed by atoms with van der Waals surface area (Å²) in [6.45, 7) is 2.44. The van der Waals surface area contributed by atoms with Crippen LogP contribution in [0.15, 0.2) is 65.4 Å². The molecule has 0 amide bonds. The summed E-state index contributed by atoms with van der Waals surface area (Å²) >= 11 is 1.68. The molecule has 1 heterocycles. The molecule has 32 heavy (non-hydrogen) atoms. The molecule has 3 aromatic rings. The van der Waals surface area contributed by atoms with Crippen LogP contribution in [0.2, 0.25) is 0 Å². The van der Waals surface area contributed by atoms with Crippen molar-refractivity contribution in [1.82, 2.24) is 5.32 Å². The van der Waals surface area contributed by atoms with Crippen molar-refractivity contribution >= 4 is 19.6 Å². The second-order valence-electron chi connectivity index (χ2n) is 7.59. The highest BCUT2D eigenvalue weighted by Crippen LogP contribution is 2.33. The number of nitrogens with one attached hydrogen (secondary N) is 1. The lowest BCUT2D eigenvalue weighted by Crippen LogP contribution is -2.16. The maximum Gasteiger partial charge on any atom is 0.694 e. The van der Waals surface area contributed by atoms with Crippen molar-refractivity contribution in [1.29, 1.82) is 0 Å². The van der Waals surface area contributed by atoms with Gasteiger partial charge in [0, 0.05) is 16.7 Å². The molecule has 0 radical (unpaired) electrons. The molecule has 1 unspecified atom stereocenters. The first-order valence-corrected chi connectivity index (χ1v) is 13.1. The summed E-state index contributed by atoms with van der Waals surface area (Å²) in [6.07, 6.45) is 5.17. The molecule has 0 aliphatic carbocycles. The maximum absolute atomic E-state index is 10.5. The molecule has 0 aliphatic heterocycles. The Kier molecular flexibility index (Phi) is 10.9. The van der Waals surface area contributed by atoms with E-state index in [1.165, 1.54) is 23.1 Å². The molecule has 170 valence electrons. The summed E-state index contributed by atoms with van der Waals surface area (Å²) in [5, 5.41) is 7.58. The average molecular weight is 473 g/mol. The molecule has 0 bridgehead atoms. The van der Waals surface area contributed by atoms with Gasteiger partial charge in [0.05, 0.1) is 6.61 Å². The van der Waals surface area contributed by atoms with E-state index >= 15 is 0 Å². The number of ether oxygens (including phenoxy) is 1. The highest BCUT2D eigenvalue weighted by Gasteiger charge is 2.11. The molecular weight excluding hydrogens is 441 g/mol. The van der Waals surface area contributed by atoms with Gasteiger partial charge in [-0.1, -0.05) is 36.4 Å². The Morgan fingerprint density at radius 1 is 0.938 bits per heavy atom. The van der Waals surface area contributed by atoms with Crippen LogP contribution in [0, 0.1) is 0 Å². The highest BCUT2D eigenvalue weighted by molar-refractivity contribution is 7.32. The molecule has 0 saturated heterocycles. The van der Waals surface area contributed by atoms with Crippen molar-refractivity contribution in [2.24, 2.45) is 0 Å². The molecule has 1 atom stereocenters. The van der Waals surface area contributed by atoms with Crippen molar-refractivity contribution in [2.45, 2.75) is 38.6 Å². The van der Waals surface area contributed by atoms with Crippen LogP contribution < -0.4 is 10.1 Å². The Balaban J connectivity index is 1.45. The third-order valence-electron chi connectivity index (χ3n) is 5.12. The summed E-state index contributed by atoms with van der Waals surface area (Å²) in [6, 6.07) is 19.1. The fourth-order valence-corrected chi connectivity index (χ4v) is 4.40. The van der Waals surface area contributed by atoms with Crippen LogP contribution in [0.4, 0.5) is 0 Å². The quantitative estimate of drug-likeness (QED) is 0.199. The smallest absolute Gasteiger partial charge is 0.493 e. The molecule has 0 saturated carbocycles. The summed E-state index contributed by atoms with van der Waals surface area (Å²) in [4.78, 5) is 8.64. The normalized spacial score (nSPS) is 11.5. The molecule has 0 fully saturated rings. The van der Waals surface area contributed by atoms with Crippen LogP contribution in [-0.2, 0) is 22.1 Å². The molecular formula is C25H31NO4PS+. The highest BCUT2D eigenvalue weighted by atomic mass is 32.1. The largest absolute Gasteiger partial charge is 0.694 e. The molecule has 1 aromatic heterocycles. The van der Waals surface area contributed by atoms with Crippen LogP contribution in [0.5, 0.6) is 5.75 Å². The molecule has 0 aliphatic rings. The van der Waals surface area contributed by atoms with Gasteiger partial charge in [0.1, 0.15) is 12.4 Å². The van der Waals surface area contributed by atoms with Gasteiger partial charge in [-0.15, -0.1) is 9.42 Å². The molecule has 7 heteroatoms. The van der Waals surface area contributed by atoms with E-state index in [0.717, 1.165) is 50.3 Å². The molecule has 0 spiro atoms. The first kappa shape index (κ1) is 24.6. The van der Waals surface area contributed by atoms with E-state index < -0.39 is 8.25 Å². The first-order valence-electron chi connectivity index (χ1n) is 11.0. The van der Waals surface area contributed by atoms with E-state index in [1.807, 2.05) is 0 Å². The van der Waals surface area contributed by atoms with E-state index in [0.29, 0.717) is 6.42 Å². The van der Waals surface area contributed by atoms with Gasteiger partial charge < -0.3 is 10.1 Å². The van der Waals surface area contributed by atoms with Crippen molar-refractivity contribution in [2.75, 3.05) is 19.8 Å². The number of hydrogen-bond acceptors (Lipinski definition) is 5. The number of hydrogen-bond donors (Lipinski definition) is 2. The van der Waals surface area contributed by atoms with Gasteiger partial charge in [-0.05, 0) is 84.3 Å². The lowest BCUT2D eigenvalue weighted by molar-refractivity contribution is 0.276. The monoisotopic (exact) mass is 472 g/mol. The maximum atomic E-state index is 10.5. The van der Waals surface area contributed by atoms with Gasteiger partial charge in [-0.3, -0.25) is 0 Å². The Labute approximate surface area is 195 Å². The number of aryl methyl sites for hydroxylation is 1. The van der Waals surface area contributed by atoms with Gasteiger partial charge in [-0.25, -0.2) is 0 Å². The zero-order chi connectivity index (χ0) is 22.4. The topological polar surface area (TPSA) is 67.8 Å². The summed E-state index contributed by atoms with van der Waals surface area (Å²) in [5.74, 6) is 0.926. The van der Waals surface area contributed by atoms with E-state index in [9.17, 15) is 4.57 Å². The van der Waals surface area contributed by atoms with Crippen molar-refractivity contribution in [3.8, 4) is 16.9 Å². The second-order valence-corrected chi connectivity index (χ2v) is 9.10. The lowest BCUT2D eigenvalue weighted by atomic mass is 10.0. The van der Waals surface area contributed by atoms with Crippen molar-refractivity contribution < 1.29 is 18.7 Å². The first-order chi connectivity index (χ1) is 15.7. The Morgan fingerprint density at radius 3 is 2.59 bits per heavy atom. The summed E-state index contributed by atoms with van der Waals surface area (Å²) in [7, 11) is -2.50. The minimum atomic E-state index is -2.50. The van der Waals surface area contributed by atoms with Crippen LogP contribution in [0.3, 0.4) is 0 Å². The van der Waals surface area contributed by atoms with E-state index in [-0.39, 0.29) is 6.61 Å². The Bertz CT molecular complexity index is 934. The number of unbranched alkanes of at least 4 members (excludes halogenated alkanes) is 2. The second kappa shape index (κ2) is 14.1. The minimum Gasteiger partial charge on any atom is -0.493 e. The minimum absolute atomic E-state index is 0.275. The molecule has 5 nitrogen and oxygen atoms in total. The van der Waals surface area contributed by atoms with E-state index in [4.69, 9.17) is 9.63 Å². The zero-order valence-electron chi connectivity index (χ0n) is 18.2. The van der Waals surface area contributed by atoms with Crippen molar-refractivity contribution in [3.05, 3.63) is 76.5 Å². The van der Waals surface area contributed by atoms with E-state index in [2.05, 4.69) is 75.2 Å². The number of thiophene rings is 1. The third-order valence-corrected chi connectivity index (χ3v) is 6.20. The average Bonchev–Trinajstić information content (AvgIpc) is 3.34. The number of rotatable bonds is 15. The van der Waals surface area contributed by atoms with E-state index in [1.54, 1.807) is 11.3 Å². The molecule has 3 rings (SSSR count). The standard InChI is InChI=1S/C25H30NO4PS/c27-31(28)30-16-7-14-26-19-22-11-12-25(24(18-22)23-13-17-32-20-23)29-15-6-2-5-10-21-8-3-1-4-9-21/h1,3-4,8-9,11-13,17-18,20,26H,2,5-7,10,14-16,19H2/p+1. The van der Waals surface area contributed by atoms with Crippen LogP contribution in [0.1, 0.15) is 36.8 Å². The molecule has 2 aromatic carbocycles. The number of benzene rings is 2. The SMILES string of the molecule is O=[P+](O)OCCCNCc1ccc(OCCCCCc2ccccc2)c(-c2ccsc2)c1. The van der Waals surface area contributed by atoms with Gasteiger partial charge in [0.15, 0.2) is 0 Å². The van der Waals surface area contributed by atoms with Gasteiger partial charge >= 0.3 is 8.25 Å². The summed E-state index contributed by atoms with van der Waals surface area (Å²) < 4.78 is 21.4. The fraction of sp³-hybridized carbons (Fsp3) is 0.360. The summed E-state index contributed by atoms with van der Waals surface area (Å²) in [5.41, 5.74) is 4.87.